The third-order valence-corrected chi connectivity index (χ3v) is 2.57. The maximum Gasteiger partial charge on any atom is 0.334 e. The molecule has 6 nitrogen and oxygen atoms in total. The van der Waals surface area contributed by atoms with Crippen molar-refractivity contribution >= 4 is 23.8 Å². The minimum Gasteiger partial charge on any atom is -0.479 e. The first-order valence-electron chi connectivity index (χ1n) is 4.76. The van der Waals surface area contributed by atoms with Crippen molar-refractivity contribution in [2.75, 3.05) is 39.3 Å². The predicted molar refractivity (Wildman–Crippen MR) is 62.8 cm³/mol. The van der Waals surface area contributed by atoms with E-state index in [-0.39, 0.29) is 12.6 Å². The molecule has 0 rings (SSSR count). The van der Waals surface area contributed by atoms with Gasteiger partial charge in [0.25, 0.3) is 0 Å². The van der Waals surface area contributed by atoms with Gasteiger partial charge < -0.3 is 20.1 Å². The molecule has 0 spiro atoms. The zero-order valence-electron chi connectivity index (χ0n) is 9.73. The molecule has 0 aromatic heterocycles. The standard InChI is InChI=1S/C9H18N2O4S/c1-11(4-5-16-3)9(14)10-6-7(15-2)8(12)13/h7H,4-6H2,1-3H3,(H,10,14)(H,12,13). The lowest BCUT2D eigenvalue weighted by Crippen LogP contribution is -2.44. The summed E-state index contributed by atoms with van der Waals surface area (Å²) < 4.78 is 4.69. The van der Waals surface area contributed by atoms with Crippen molar-refractivity contribution in [2.45, 2.75) is 6.10 Å². The van der Waals surface area contributed by atoms with Crippen LogP contribution in [0.3, 0.4) is 0 Å². The molecule has 0 saturated heterocycles. The highest BCUT2D eigenvalue weighted by molar-refractivity contribution is 7.98. The molecule has 94 valence electrons. The Morgan fingerprint density at radius 1 is 1.56 bits per heavy atom. The molecule has 0 aliphatic rings. The second kappa shape index (κ2) is 8.23. The number of rotatable bonds is 7. The number of ether oxygens (including phenoxy) is 1. The number of carbonyl (C=O) groups is 2. The molecule has 0 heterocycles. The third-order valence-electron chi connectivity index (χ3n) is 1.98. The first-order chi connectivity index (χ1) is 7.52. The van der Waals surface area contributed by atoms with Gasteiger partial charge in [0.05, 0.1) is 6.54 Å². The molecule has 16 heavy (non-hydrogen) atoms. The van der Waals surface area contributed by atoms with Crippen molar-refractivity contribution in [1.82, 2.24) is 10.2 Å². The molecule has 0 bridgehead atoms. The topological polar surface area (TPSA) is 78.9 Å². The van der Waals surface area contributed by atoms with Crippen LogP contribution >= 0.6 is 11.8 Å². The Hall–Kier alpha value is -0.950. The van der Waals surface area contributed by atoms with Gasteiger partial charge in [0.1, 0.15) is 0 Å². The molecule has 7 heteroatoms. The van der Waals surface area contributed by atoms with Crippen molar-refractivity contribution in [3.8, 4) is 0 Å². The first kappa shape index (κ1) is 15.0. The summed E-state index contributed by atoms with van der Waals surface area (Å²) in [7, 11) is 2.95. The Bertz CT molecular complexity index is 238. The summed E-state index contributed by atoms with van der Waals surface area (Å²) in [5, 5.41) is 11.2. The van der Waals surface area contributed by atoms with Crippen LogP contribution in [0.4, 0.5) is 4.79 Å². The van der Waals surface area contributed by atoms with E-state index in [1.807, 2.05) is 6.26 Å². The van der Waals surface area contributed by atoms with E-state index in [1.54, 1.807) is 18.8 Å². The zero-order valence-corrected chi connectivity index (χ0v) is 10.5. The van der Waals surface area contributed by atoms with Gasteiger partial charge in [-0.3, -0.25) is 0 Å². The van der Waals surface area contributed by atoms with Gasteiger partial charge in [0, 0.05) is 26.5 Å². The molecule has 1 unspecified atom stereocenters. The number of aliphatic carboxylic acids is 1. The molecule has 2 N–H and O–H groups in total. The Kier molecular flexibility index (Phi) is 7.74. The van der Waals surface area contributed by atoms with Crippen molar-refractivity contribution < 1.29 is 19.4 Å². The maximum absolute atomic E-state index is 11.4. The summed E-state index contributed by atoms with van der Waals surface area (Å²) in [5.41, 5.74) is 0. The number of urea groups is 1. The number of nitrogens with zero attached hydrogens (tertiary/aromatic N) is 1. The molecule has 0 aromatic rings. The molecule has 0 radical (unpaired) electrons. The lowest BCUT2D eigenvalue weighted by Gasteiger charge is -2.18. The van der Waals surface area contributed by atoms with E-state index in [1.165, 1.54) is 12.0 Å². The second-order valence-corrected chi connectivity index (χ2v) is 4.15. The van der Waals surface area contributed by atoms with Crippen molar-refractivity contribution in [3.05, 3.63) is 0 Å². The van der Waals surface area contributed by atoms with Crippen molar-refractivity contribution in [1.29, 1.82) is 0 Å². The highest BCUT2D eigenvalue weighted by Gasteiger charge is 2.18. The van der Waals surface area contributed by atoms with Gasteiger partial charge in [-0.05, 0) is 6.26 Å². The molecule has 0 aromatic carbocycles. The monoisotopic (exact) mass is 250 g/mol. The van der Waals surface area contributed by atoms with Crippen LogP contribution in [0, 0.1) is 0 Å². The molecule has 0 fully saturated rings. The van der Waals surface area contributed by atoms with Crippen LogP contribution < -0.4 is 5.32 Å². The molecule has 0 aliphatic heterocycles. The summed E-state index contributed by atoms with van der Waals surface area (Å²) in [4.78, 5) is 23.5. The number of carbonyl (C=O) groups excluding carboxylic acids is 1. The van der Waals surface area contributed by atoms with E-state index < -0.39 is 12.1 Å². The van der Waals surface area contributed by atoms with Gasteiger partial charge >= 0.3 is 12.0 Å². The molecular formula is C9H18N2O4S. The number of methoxy groups -OCH3 is 1. The largest absolute Gasteiger partial charge is 0.479 e. The van der Waals surface area contributed by atoms with E-state index in [2.05, 4.69) is 10.1 Å². The van der Waals surface area contributed by atoms with E-state index in [0.29, 0.717) is 6.54 Å². The van der Waals surface area contributed by atoms with E-state index in [9.17, 15) is 9.59 Å². The summed E-state index contributed by atoms with van der Waals surface area (Å²) in [5.74, 6) is -0.245. The van der Waals surface area contributed by atoms with Crippen LogP contribution in [0.5, 0.6) is 0 Å². The zero-order chi connectivity index (χ0) is 12.6. The number of nitrogens with one attached hydrogen (secondary N) is 1. The Balaban J connectivity index is 3.91. The number of carboxylic acid groups (broad SMARTS) is 1. The number of thioether (sulfide) groups is 1. The fraction of sp³-hybridized carbons (Fsp3) is 0.778. The third kappa shape index (κ3) is 5.82. The average molecular weight is 250 g/mol. The summed E-state index contributed by atoms with van der Waals surface area (Å²) in [6.07, 6.45) is 0.954. The van der Waals surface area contributed by atoms with Gasteiger partial charge in [-0.2, -0.15) is 11.8 Å². The smallest absolute Gasteiger partial charge is 0.334 e. The van der Waals surface area contributed by atoms with Crippen LogP contribution in [0.25, 0.3) is 0 Å². The highest BCUT2D eigenvalue weighted by Crippen LogP contribution is 1.94. The normalized spacial score (nSPS) is 11.9. The van der Waals surface area contributed by atoms with E-state index >= 15 is 0 Å². The quantitative estimate of drug-likeness (QED) is 0.669. The van der Waals surface area contributed by atoms with Gasteiger partial charge in [-0.25, -0.2) is 9.59 Å². The lowest BCUT2D eigenvalue weighted by molar-refractivity contribution is -0.148. The summed E-state index contributed by atoms with van der Waals surface area (Å²) in [6, 6.07) is -0.294. The molecule has 1 atom stereocenters. The predicted octanol–water partition coefficient (Wildman–Crippen LogP) is 0.0904. The van der Waals surface area contributed by atoms with Gasteiger partial charge in [0.2, 0.25) is 0 Å². The van der Waals surface area contributed by atoms with E-state index in [4.69, 9.17) is 5.11 Å². The Morgan fingerprint density at radius 3 is 2.62 bits per heavy atom. The molecular weight excluding hydrogens is 232 g/mol. The summed E-state index contributed by atoms with van der Waals surface area (Å²) in [6.45, 7) is 0.589. The van der Waals surface area contributed by atoms with Gasteiger partial charge in [-0.15, -0.1) is 0 Å². The lowest BCUT2D eigenvalue weighted by atomic mass is 10.3. The number of hydrogen-bond donors (Lipinski definition) is 2. The minimum atomic E-state index is -1.09. The Morgan fingerprint density at radius 2 is 2.19 bits per heavy atom. The van der Waals surface area contributed by atoms with Crippen LogP contribution in [0.1, 0.15) is 0 Å². The molecule has 2 amide bonds. The fourth-order valence-corrected chi connectivity index (χ4v) is 1.37. The van der Waals surface area contributed by atoms with E-state index in [0.717, 1.165) is 5.75 Å². The minimum absolute atomic E-state index is 0.0335. The van der Waals surface area contributed by atoms with Crippen LogP contribution in [0.2, 0.25) is 0 Å². The van der Waals surface area contributed by atoms with Gasteiger partial charge in [0.15, 0.2) is 6.10 Å². The SMILES string of the molecule is COC(CNC(=O)N(C)CCSC)C(=O)O. The number of carboxylic acids is 1. The summed E-state index contributed by atoms with van der Waals surface area (Å²) >= 11 is 1.64. The molecule has 0 saturated carbocycles. The van der Waals surface area contributed by atoms with Crippen LogP contribution in [-0.2, 0) is 9.53 Å². The second-order valence-electron chi connectivity index (χ2n) is 3.16. The molecule has 0 aliphatic carbocycles. The highest BCUT2D eigenvalue weighted by atomic mass is 32.2. The van der Waals surface area contributed by atoms with Crippen molar-refractivity contribution in [3.63, 3.8) is 0 Å². The number of amides is 2. The van der Waals surface area contributed by atoms with Gasteiger partial charge in [-0.1, -0.05) is 0 Å². The first-order valence-corrected chi connectivity index (χ1v) is 6.15. The Labute approximate surface area is 99.3 Å². The van der Waals surface area contributed by atoms with Crippen LogP contribution in [0.15, 0.2) is 0 Å². The average Bonchev–Trinajstić information content (AvgIpc) is 2.25. The van der Waals surface area contributed by atoms with Crippen LogP contribution in [-0.4, -0.2) is 67.4 Å². The number of hydrogen-bond acceptors (Lipinski definition) is 4. The maximum atomic E-state index is 11.4. The van der Waals surface area contributed by atoms with Crippen molar-refractivity contribution in [2.24, 2.45) is 0 Å². The fourth-order valence-electron chi connectivity index (χ4n) is 0.916.